The van der Waals surface area contributed by atoms with Crippen LogP contribution in [0.25, 0.3) is 0 Å². The highest BCUT2D eigenvalue weighted by Gasteiger charge is 2.26. The summed E-state index contributed by atoms with van der Waals surface area (Å²) in [4.78, 5) is 20.9. The van der Waals surface area contributed by atoms with Gasteiger partial charge >= 0.3 is 12.1 Å². The van der Waals surface area contributed by atoms with E-state index < -0.39 is 12.1 Å². The van der Waals surface area contributed by atoms with Gasteiger partial charge in [-0.1, -0.05) is 10.2 Å². The second-order valence-corrected chi connectivity index (χ2v) is 1.97. The van der Waals surface area contributed by atoms with Gasteiger partial charge in [0.05, 0.1) is 0 Å². The number of carbonyl (C=O) groups excluding carboxylic acids is 2. The number of hydrogen-bond donors (Lipinski definition) is 0. The summed E-state index contributed by atoms with van der Waals surface area (Å²) in [6.07, 6.45) is 1.60. The summed E-state index contributed by atoms with van der Waals surface area (Å²) in [6, 6.07) is -1.21. The largest absolute Gasteiger partial charge is 0.380 e. The van der Waals surface area contributed by atoms with Crippen LogP contribution in [0.15, 0.2) is 10.2 Å². The number of rotatable bonds is 1. The number of azo groups is 1. The van der Waals surface area contributed by atoms with Crippen molar-refractivity contribution in [3.05, 3.63) is 0 Å². The van der Waals surface area contributed by atoms with Crippen molar-refractivity contribution in [3.8, 4) is 0 Å². The summed E-state index contributed by atoms with van der Waals surface area (Å²) in [5.41, 5.74) is 0. The van der Waals surface area contributed by atoms with Gasteiger partial charge in [0, 0.05) is 6.26 Å². The van der Waals surface area contributed by atoms with Crippen LogP contribution < -0.4 is 0 Å². The topological polar surface area (TPSA) is 62.1 Å². The van der Waals surface area contributed by atoms with E-state index in [0.29, 0.717) is 0 Å². The van der Waals surface area contributed by atoms with E-state index in [-0.39, 0.29) is 0 Å². The molecule has 6 heteroatoms. The molecule has 0 bridgehead atoms. The zero-order valence-electron chi connectivity index (χ0n) is 4.57. The van der Waals surface area contributed by atoms with Crippen LogP contribution in [-0.2, 0) is 0 Å². The number of hydrogen-bond acceptors (Lipinski definition) is 3. The highest BCUT2D eigenvalue weighted by Crippen LogP contribution is 2.14. The van der Waals surface area contributed by atoms with E-state index in [4.69, 9.17) is 0 Å². The van der Waals surface area contributed by atoms with E-state index in [1.807, 2.05) is 0 Å². The van der Waals surface area contributed by atoms with Crippen molar-refractivity contribution in [3.63, 3.8) is 0 Å². The molecule has 0 spiro atoms. The average molecular weight is 145 g/mol. The zero-order valence-corrected chi connectivity index (χ0v) is 5.38. The predicted molar refractivity (Wildman–Crippen MR) is 31.0 cm³/mol. The first-order chi connectivity index (χ1) is 4.25. The molecule has 0 fully saturated rings. The first kappa shape index (κ1) is 6.21. The monoisotopic (exact) mass is 145 g/mol. The smallest absolute Gasteiger partial charge is 0.243 e. The van der Waals surface area contributed by atoms with Crippen LogP contribution >= 0.6 is 11.9 Å². The van der Waals surface area contributed by atoms with E-state index in [1.165, 1.54) is 0 Å². The maximum atomic E-state index is 10.4. The molecule has 48 valence electrons. The van der Waals surface area contributed by atoms with Gasteiger partial charge in [0.15, 0.2) is 0 Å². The molecule has 1 aliphatic heterocycles. The number of amides is 4. The quantitative estimate of drug-likeness (QED) is 0.522. The lowest BCUT2D eigenvalue weighted by Crippen LogP contribution is -2.18. The van der Waals surface area contributed by atoms with Crippen molar-refractivity contribution in [1.82, 2.24) is 4.31 Å². The third-order valence-corrected chi connectivity index (χ3v) is 1.43. The van der Waals surface area contributed by atoms with Gasteiger partial charge in [0.1, 0.15) is 0 Å². The minimum absolute atomic E-state index is 0.604. The molecule has 0 aromatic heterocycles. The Bertz CT molecular complexity index is 171. The summed E-state index contributed by atoms with van der Waals surface area (Å²) >= 11 is 0.995. The lowest BCUT2D eigenvalue weighted by Gasteiger charge is -2.01. The van der Waals surface area contributed by atoms with Gasteiger partial charge in [-0.3, -0.25) is 0 Å². The third kappa shape index (κ3) is 0.925. The number of carbonyl (C=O) groups is 2. The maximum absolute atomic E-state index is 10.4. The van der Waals surface area contributed by atoms with E-state index >= 15 is 0 Å². The second-order valence-electron chi connectivity index (χ2n) is 1.24. The van der Waals surface area contributed by atoms with Crippen LogP contribution in [0.2, 0.25) is 0 Å². The van der Waals surface area contributed by atoms with Crippen molar-refractivity contribution < 1.29 is 9.59 Å². The fourth-order valence-electron chi connectivity index (χ4n) is 0.405. The van der Waals surface area contributed by atoms with Gasteiger partial charge in [0.2, 0.25) is 0 Å². The van der Waals surface area contributed by atoms with Crippen molar-refractivity contribution in [2.24, 2.45) is 10.2 Å². The minimum atomic E-state index is -0.604. The molecule has 4 amide bonds. The third-order valence-electron chi connectivity index (χ3n) is 0.751. The molecule has 1 rings (SSSR count). The fourth-order valence-corrected chi connectivity index (χ4v) is 0.790. The van der Waals surface area contributed by atoms with Crippen molar-refractivity contribution in [1.29, 1.82) is 0 Å². The molecule has 0 aliphatic carbocycles. The predicted octanol–water partition coefficient (Wildman–Crippen LogP) is 1.27. The van der Waals surface area contributed by atoms with Gasteiger partial charge in [-0.05, 0) is 11.9 Å². The van der Waals surface area contributed by atoms with Gasteiger partial charge in [0.25, 0.3) is 0 Å². The molecule has 1 aliphatic rings. The SMILES string of the molecule is CSN1C(=O)N=NC1=O. The Kier molecular flexibility index (Phi) is 1.48. The van der Waals surface area contributed by atoms with E-state index in [0.717, 1.165) is 16.3 Å². The minimum Gasteiger partial charge on any atom is -0.243 e. The highest BCUT2D eigenvalue weighted by molar-refractivity contribution is 7.97. The van der Waals surface area contributed by atoms with Crippen molar-refractivity contribution >= 4 is 24.0 Å². The molecule has 0 N–H and O–H groups in total. The summed E-state index contributed by atoms with van der Waals surface area (Å²) in [5.74, 6) is 0. The van der Waals surface area contributed by atoms with E-state index in [1.54, 1.807) is 6.26 Å². The van der Waals surface area contributed by atoms with Crippen molar-refractivity contribution in [2.75, 3.05) is 6.26 Å². The number of urea groups is 2. The molecule has 0 aromatic carbocycles. The summed E-state index contributed by atoms with van der Waals surface area (Å²) < 4.78 is 0.875. The Hall–Kier alpha value is -0.910. The zero-order chi connectivity index (χ0) is 6.85. The van der Waals surface area contributed by atoms with Crippen LogP contribution in [0.4, 0.5) is 9.59 Å². The lowest BCUT2D eigenvalue weighted by molar-refractivity contribution is 0.228. The molecular weight excluding hydrogens is 142 g/mol. The molecule has 0 saturated heterocycles. The molecule has 0 saturated carbocycles. The van der Waals surface area contributed by atoms with Crippen LogP contribution in [-0.4, -0.2) is 22.6 Å². The first-order valence-corrected chi connectivity index (χ1v) is 3.28. The number of nitrogens with zero attached hydrogens (tertiary/aromatic N) is 3. The molecular formula is C3H3N3O2S. The Morgan fingerprint density at radius 1 is 1.33 bits per heavy atom. The molecule has 0 aromatic rings. The van der Waals surface area contributed by atoms with Gasteiger partial charge in [-0.25, -0.2) is 9.59 Å². The van der Waals surface area contributed by atoms with Gasteiger partial charge in [-0.15, -0.1) is 0 Å². The van der Waals surface area contributed by atoms with Gasteiger partial charge in [-0.2, -0.15) is 4.31 Å². The highest BCUT2D eigenvalue weighted by atomic mass is 32.2. The molecule has 0 radical (unpaired) electrons. The Labute approximate surface area is 55.3 Å². The van der Waals surface area contributed by atoms with E-state index in [9.17, 15) is 9.59 Å². The summed E-state index contributed by atoms with van der Waals surface area (Å²) in [5, 5.41) is 6.02. The molecule has 5 nitrogen and oxygen atoms in total. The van der Waals surface area contributed by atoms with Crippen LogP contribution in [0.1, 0.15) is 0 Å². The standard InChI is InChI=1S/C3H3N3O2S/c1-9-6-2(7)4-5-3(6)8/h1H3. The normalized spacial score (nSPS) is 17.7. The Balaban J connectivity index is 2.75. The summed E-state index contributed by atoms with van der Waals surface area (Å²) in [6.45, 7) is 0. The van der Waals surface area contributed by atoms with Crippen LogP contribution in [0.5, 0.6) is 0 Å². The molecule has 0 atom stereocenters. The van der Waals surface area contributed by atoms with Crippen LogP contribution in [0.3, 0.4) is 0 Å². The fraction of sp³-hybridized carbons (Fsp3) is 0.333. The Morgan fingerprint density at radius 2 is 1.78 bits per heavy atom. The second kappa shape index (κ2) is 2.14. The summed E-state index contributed by atoms with van der Waals surface area (Å²) in [7, 11) is 0. The molecule has 9 heavy (non-hydrogen) atoms. The average Bonchev–Trinajstić information content (AvgIpc) is 2.12. The molecule has 1 heterocycles. The first-order valence-electron chi connectivity index (χ1n) is 2.09. The van der Waals surface area contributed by atoms with E-state index in [2.05, 4.69) is 10.2 Å². The van der Waals surface area contributed by atoms with Crippen LogP contribution in [0, 0.1) is 0 Å². The van der Waals surface area contributed by atoms with Gasteiger partial charge < -0.3 is 0 Å². The maximum Gasteiger partial charge on any atom is 0.380 e. The van der Waals surface area contributed by atoms with Crippen molar-refractivity contribution in [2.45, 2.75) is 0 Å². The molecule has 0 unspecified atom stereocenters. The lowest BCUT2D eigenvalue weighted by atomic mass is 11.0. The number of imide groups is 1. The Morgan fingerprint density at radius 3 is 2.00 bits per heavy atom.